The molecule has 2 heterocycles. The van der Waals surface area contributed by atoms with Crippen molar-refractivity contribution in [2.45, 2.75) is 25.9 Å². The molecule has 0 radical (unpaired) electrons. The summed E-state index contributed by atoms with van der Waals surface area (Å²) >= 11 is 0. The molecule has 0 spiro atoms. The maximum absolute atomic E-state index is 5.39. The van der Waals surface area contributed by atoms with Crippen LogP contribution >= 0.6 is 0 Å². The summed E-state index contributed by atoms with van der Waals surface area (Å²) in [5.41, 5.74) is 2.18. The monoisotopic (exact) mass is 236 g/mol. The maximum Gasteiger partial charge on any atom is 0.225 e. The van der Waals surface area contributed by atoms with Gasteiger partial charge in [-0.1, -0.05) is 0 Å². The standard InChI is InChI=1S/C12H20N4O/c1-9-10(6-13-2)7-14-12(15-9)16(3)11-4-5-17-8-11/h7,11,13H,4-6,8H2,1-3H3. The minimum atomic E-state index is 0.407. The number of nitrogens with one attached hydrogen (secondary N) is 1. The Kier molecular flexibility index (Phi) is 3.91. The van der Waals surface area contributed by atoms with Crippen LogP contribution in [0.3, 0.4) is 0 Å². The quantitative estimate of drug-likeness (QED) is 0.835. The highest BCUT2D eigenvalue weighted by Gasteiger charge is 2.22. The van der Waals surface area contributed by atoms with Crippen molar-refractivity contribution in [1.82, 2.24) is 15.3 Å². The van der Waals surface area contributed by atoms with Crippen LogP contribution in [0, 0.1) is 6.92 Å². The molecular formula is C12H20N4O. The molecule has 1 atom stereocenters. The summed E-state index contributed by atoms with van der Waals surface area (Å²) in [6.45, 7) is 4.45. The number of ether oxygens (including phenoxy) is 1. The van der Waals surface area contributed by atoms with Gasteiger partial charge in [-0.15, -0.1) is 0 Å². The van der Waals surface area contributed by atoms with Crippen molar-refractivity contribution < 1.29 is 4.74 Å². The molecule has 5 heteroatoms. The van der Waals surface area contributed by atoms with E-state index in [1.54, 1.807) is 0 Å². The van der Waals surface area contributed by atoms with Crippen LogP contribution in [0.25, 0.3) is 0 Å². The largest absolute Gasteiger partial charge is 0.379 e. The van der Waals surface area contributed by atoms with Crippen LogP contribution in [0.4, 0.5) is 5.95 Å². The molecule has 1 aliphatic heterocycles. The number of anilines is 1. The van der Waals surface area contributed by atoms with E-state index in [9.17, 15) is 0 Å². The lowest BCUT2D eigenvalue weighted by atomic mass is 10.2. The van der Waals surface area contributed by atoms with Crippen LogP contribution in [-0.2, 0) is 11.3 Å². The number of likely N-dealkylation sites (N-methyl/N-ethyl adjacent to an activating group) is 1. The zero-order chi connectivity index (χ0) is 12.3. The molecule has 2 rings (SSSR count). The number of nitrogens with zero attached hydrogens (tertiary/aromatic N) is 3. The van der Waals surface area contributed by atoms with E-state index in [-0.39, 0.29) is 0 Å². The van der Waals surface area contributed by atoms with Gasteiger partial charge >= 0.3 is 0 Å². The summed E-state index contributed by atoms with van der Waals surface area (Å²) < 4.78 is 5.39. The first kappa shape index (κ1) is 12.3. The predicted molar refractivity (Wildman–Crippen MR) is 67.2 cm³/mol. The molecule has 17 heavy (non-hydrogen) atoms. The first-order chi connectivity index (χ1) is 8.22. The smallest absolute Gasteiger partial charge is 0.225 e. The second-order valence-electron chi connectivity index (χ2n) is 4.44. The van der Waals surface area contributed by atoms with Crippen molar-refractivity contribution >= 4 is 5.95 Å². The van der Waals surface area contributed by atoms with Crippen LogP contribution in [-0.4, -0.2) is 43.3 Å². The zero-order valence-electron chi connectivity index (χ0n) is 10.7. The predicted octanol–water partition coefficient (Wildman–Crippen LogP) is 0.730. The van der Waals surface area contributed by atoms with Gasteiger partial charge in [-0.2, -0.15) is 0 Å². The summed E-state index contributed by atoms with van der Waals surface area (Å²) in [6.07, 6.45) is 2.96. The lowest BCUT2D eigenvalue weighted by molar-refractivity contribution is 0.193. The summed E-state index contributed by atoms with van der Waals surface area (Å²) in [5, 5.41) is 3.12. The molecule has 0 bridgehead atoms. The van der Waals surface area contributed by atoms with E-state index in [1.807, 2.05) is 27.2 Å². The number of aromatic nitrogens is 2. The topological polar surface area (TPSA) is 50.3 Å². The molecule has 1 N–H and O–H groups in total. The number of rotatable bonds is 4. The number of hydrogen-bond donors (Lipinski definition) is 1. The Labute approximate surface area is 102 Å². The highest BCUT2D eigenvalue weighted by atomic mass is 16.5. The van der Waals surface area contributed by atoms with Crippen LogP contribution in [0.2, 0.25) is 0 Å². The van der Waals surface area contributed by atoms with Gasteiger partial charge in [0.2, 0.25) is 5.95 Å². The van der Waals surface area contributed by atoms with Crippen molar-refractivity contribution in [3.63, 3.8) is 0 Å². The fourth-order valence-corrected chi connectivity index (χ4v) is 2.00. The fourth-order valence-electron chi connectivity index (χ4n) is 2.00. The van der Waals surface area contributed by atoms with Gasteiger partial charge in [0.15, 0.2) is 0 Å². The van der Waals surface area contributed by atoms with Crippen LogP contribution < -0.4 is 10.2 Å². The van der Waals surface area contributed by atoms with Crippen LogP contribution in [0.15, 0.2) is 6.20 Å². The Morgan fingerprint density at radius 2 is 2.41 bits per heavy atom. The molecule has 94 valence electrons. The van der Waals surface area contributed by atoms with E-state index in [0.717, 1.165) is 43.4 Å². The second kappa shape index (κ2) is 5.42. The summed E-state index contributed by atoms with van der Waals surface area (Å²) in [5.74, 6) is 0.790. The van der Waals surface area contributed by atoms with Gasteiger partial charge in [0.05, 0.1) is 12.6 Å². The fraction of sp³-hybridized carbons (Fsp3) is 0.667. The maximum atomic E-state index is 5.39. The van der Waals surface area contributed by atoms with Gasteiger partial charge in [0.1, 0.15) is 0 Å². The summed E-state index contributed by atoms with van der Waals surface area (Å²) in [7, 11) is 3.96. The highest BCUT2D eigenvalue weighted by Crippen LogP contribution is 2.17. The van der Waals surface area contributed by atoms with E-state index < -0.39 is 0 Å². The van der Waals surface area contributed by atoms with Crippen LogP contribution in [0.1, 0.15) is 17.7 Å². The van der Waals surface area contributed by atoms with E-state index in [4.69, 9.17) is 4.74 Å². The molecule has 0 aromatic carbocycles. The Hall–Kier alpha value is -1.20. The first-order valence-electron chi connectivity index (χ1n) is 6.00. The van der Waals surface area contributed by atoms with Gasteiger partial charge in [0, 0.05) is 37.7 Å². The van der Waals surface area contributed by atoms with Crippen molar-refractivity contribution in [3.8, 4) is 0 Å². The molecule has 1 unspecified atom stereocenters. The molecule has 1 aliphatic rings. The SMILES string of the molecule is CNCc1cnc(N(C)C2CCOC2)nc1C. The van der Waals surface area contributed by atoms with E-state index in [1.165, 1.54) is 0 Å². The second-order valence-corrected chi connectivity index (χ2v) is 4.44. The van der Waals surface area contributed by atoms with Crippen molar-refractivity contribution in [1.29, 1.82) is 0 Å². The molecular weight excluding hydrogens is 216 g/mol. The lowest BCUT2D eigenvalue weighted by Crippen LogP contribution is -2.33. The molecule has 1 saturated heterocycles. The van der Waals surface area contributed by atoms with Crippen LogP contribution in [0.5, 0.6) is 0 Å². The molecule has 0 amide bonds. The third-order valence-electron chi connectivity index (χ3n) is 3.20. The minimum absolute atomic E-state index is 0.407. The number of aryl methyl sites for hydroxylation is 1. The van der Waals surface area contributed by atoms with Gasteiger partial charge in [-0.05, 0) is 20.4 Å². The number of hydrogen-bond acceptors (Lipinski definition) is 5. The molecule has 0 saturated carbocycles. The van der Waals surface area contributed by atoms with Crippen molar-refractivity contribution in [2.75, 3.05) is 32.2 Å². The van der Waals surface area contributed by atoms with E-state index in [0.29, 0.717) is 6.04 Å². The van der Waals surface area contributed by atoms with E-state index in [2.05, 4.69) is 20.2 Å². The third kappa shape index (κ3) is 2.73. The molecule has 1 aromatic heterocycles. The molecule has 1 fully saturated rings. The van der Waals surface area contributed by atoms with Crippen molar-refractivity contribution in [2.24, 2.45) is 0 Å². The Morgan fingerprint density at radius 1 is 1.59 bits per heavy atom. The first-order valence-corrected chi connectivity index (χ1v) is 6.00. The lowest BCUT2D eigenvalue weighted by Gasteiger charge is -2.23. The molecule has 5 nitrogen and oxygen atoms in total. The normalized spacial score (nSPS) is 19.6. The average molecular weight is 236 g/mol. The zero-order valence-corrected chi connectivity index (χ0v) is 10.7. The Balaban J connectivity index is 2.12. The van der Waals surface area contributed by atoms with Crippen molar-refractivity contribution in [3.05, 3.63) is 17.5 Å². The summed E-state index contributed by atoms with van der Waals surface area (Å²) in [4.78, 5) is 11.1. The minimum Gasteiger partial charge on any atom is -0.379 e. The van der Waals surface area contributed by atoms with Gasteiger partial charge in [-0.3, -0.25) is 0 Å². The van der Waals surface area contributed by atoms with Gasteiger partial charge < -0.3 is 15.0 Å². The molecule has 1 aromatic rings. The van der Waals surface area contributed by atoms with Gasteiger partial charge in [-0.25, -0.2) is 9.97 Å². The van der Waals surface area contributed by atoms with E-state index >= 15 is 0 Å². The highest BCUT2D eigenvalue weighted by molar-refractivity contribution is 5.33. The Bertz CT molecular complexity index is 377. The third-order valence-corrected chi connectivity index (χ3v) is 3.20. The average Bonchev–Trinajstić information content (AvgIpc) is 2.84. The molecule has 0 aliphatic carbocycles. The Morgan fingerprint density at radius 3 is 3.00 bits per heavy atom. The van der Waals surface area contributed by atoms with Gasteiger partial charge in [0.25, 0.3) is 0 Å². The summed E-state index contributed by atoms with van der Waals surface area (Å²) in [6, 6.07) is 0.407.